The molecule has 0 saturated heterocycles. The third-order valence-electron chi connectivity index (χ3n) is 5.46. The number of ether oxygens (including phenoxy) is 3. The molecule has 4 rings (SSSR count). The Hall–Kier alpha value is -4.21. The zero-order valence-electron chi connectivity index (χ0n) is 20.6. The van der Waals surface area contributed by atoms with E-state index in [0.29, 0.717) is 33.6 Å². The number of rotatable bonds is 10. The van der Waals surface area contributed by atoms with Gasteiger partial charge in [0.05, 0.1) is 30.5 Å². The van der Waals surface area contributed by atoms with E-state index in [1.54, 1.807) is 54.6 Å². The number of para-hydroxylation sites is 2. The van der Waals surface area contributed by atoms with Crippen LogP contribution in [0.3, 0.4) is 0 Å². The highest BCUT2D eigenvalue weighted by Crippen LogP contribution is 2.34. The van der Waals surface area contributed by atoms with Gasteiger partial charge in [-0.3, -0.25) is 9.10 Å². The van der Waals surface area contributed by atoms with E-state index in [1.807, 2.05) is 18.2 Å². The van der Waals surface area contributed by atoms with Crippen LogP contribution in [0.5, 0.6) is 23.0 Å². The molecule has 0 aliphatic carbocycles. The number of carbonyl (C=O) groups is 1. The number of hydrogen-bond donors (Lipinski definition) is 1. The lowest BCUT2D eigenvalue weighted by Gasteiger charge is -2.24. The predicted octanol–water partition coefficient (Wildman–Crippen LogP) is 5.98. The highest BCUT2D eigenvalue weighted by Gasteiger charge is 2.28. The van der Waals surface area contributed by atoms with E-state index in [2.05, 4.69) is 5.32 Å². The van der Waals surface area contributed by atoms with Gasteiger partial charge in [0.25, 0.3) is 10.0 Å². The molecule has 4 aromatic carbocycles. The van der Waals surface area contributed by atoms with Crippen LogP contribution in [0.15, 0.2) is 102 Å². The van der Waals surface area contributed by atoms with E-state index < -0.39 is 22.5 Å². The van der Waals surface area contributed by atoms with Crippen LogP contribution in [0.25, 0.3) is 0 Å². The number of anilines is 2. The molecule has 1 amide bonds. The second-order valence-corrected chi connectivity index (χ2v) is 10.3. The van der Waals surface area contributed by atoms with Crippen molar-refractivity contribution in [2.75, 3.05) is 30.4 Å². The summed E-state index contributed by atoms with van der Waals surface area (Å²) in [5.74, 6) is 0.934. The van der Waals surface area contributed by atoms with Crippen LogP contribution >= 0.6 is 11.6 Å². The van der Waals surface area contributed by atoms with Crippen LogP contribution in [-0.4, -0.2) is 35.1 Å². The maximum absolute atomic E-state index is 13.8. The molecule has 38 heavy (non-hydrogen) atoms. The molecule has 1 N–H and O–H groups in total. The summed E-state index contributed by atoms with van der Waals surface area (Å²) >= 11 is 6.18. The van der Waals surface area contributed by atoms with E-state index >= 15 is 0 Å². The van der Waals surface area contributed by atoms with Crippen molar-refractivity contribution in [1.29, 1.82) is 0 Å². The fourth-order valence-corrected chi connectivity index (χ4v) is 5.25. The van der Waals surface area contributed by atoms with Crippen molar-refractivity contribution < 1.29 is 27.4 Å². The summed E-state index contributed by atoms with van der Waals surface area (Å²) in [5, 5.41) is 3.11. The normalized spacial score (nSPS) is 10.9. The van der Waals surface area contributed by atoms with Gasteiger partial charge in [0, 0.05) is 11.1 Å². The molecule has 0 atom stereocenters. The summed E-state index contributed by atoms with van der Waals surface area (Å²) in [6.07, 6.45) is 0. The number of amides is 1. The molecule has 0 aromatic heterocycles. The summed E-state index contributed by atoms with van der Waals surface area (Å²) in [6.45, 7) is -0.516. The average Bonchev–Trinajstić information content (AvgIpc) is 2.93. The fourth-order valence-electron chi connectivity index (χ4n) is 3.64. The van der Waals surface area contributed by atoms with E-state index in [4.69, 9.17) is 25.8 Å². The minimum absolute atomic E-state index is 0.0670. The van der Waals surface area contributed by atoms with Crippen molar-refractivity contribution in [2.24, 2.45) is 0 Å². The largest absolute Gasteiger partial charge is 0.493 e. The second-order valence-electron chi connectivity index (χ2n) is 7.97. The summed E-state index contributed by atoms with van der Waals surface area (Å²) in [5.41, 5.74) is 0.604. The monoisotopic (exact) mass is 552 g/mol. The maximum atomic E-state index is 13.8. The first kappa shape index (κ1) is 26.8. The van der Waals surface area contributed by atoms with Gasteiger partial charge in [0.1, 0.15) is 12.3 Å². The Kier molecular flexibility index (Phi) is 8.40. The molecular formula is C28H25ClN2O6S. The molecule has 0 aliphatic rings. The molecule has 8 nitrogen and oxygen atoms in total. The maximum Gasteiger partial charge on any atom is 0.264 e. The third kappa shape index (κ3) is 6.19. The van der Waals surface area contributed by atoms with E-state index in [-0.39, 0.29) is 10.6 Å². The molecule has 0 bridgehead atoms. The van der Waals surface area contributed by atoms with Gasteiger partial charge < -0.3 is 19.5 Å². The average molecular weight is 553 g/mol. The van der Waals surface area contributed by atoms with E-state index in [9.17, 15) is 13.2 Å². The first-order valence-corrected chi connectivity index (χ1v) is 13.3. The van der Waals surface area contributed by atoms with Gasteiger partial charge in [0.15, 0.2) is 17.2 Å². The number of halogens is 1. The van der Waals surface area contributed by atoms with Crippen molar-refractivity contribution in [3.63, 3.8) is 0 Å². The standard InChI is InChI=1S/C28H25ClN2O6S/c1-35-26-16-14-23(18-27(26)36-2)38(33,34)31(21-9-5-3-6-10-21)19-28(32)30-24-17-20(29)13-15-25(24)37-22-11-7-4-8-12-22/h3-18H,19H2,1-2H3,(H,30,32). The van der Waals surface area contributed by atoms with Crippen molar-refractivity contribution in [3.8, 4) is 23.0 Å². The molecule has 0 unspecified atom stereocenters. The Balaban J connectivity index is 1.65. The number of nitrogens with one attached hydrogen (secondary N) is 1. The van der Waals surface area contributed by atoms with Crippen molar-refractivity contribution in [1.82, 2.24) is 0 Å². The fraction of sp³-hybridized carbons (Fsp3) is 0.107. The van der Waals surface area contributed by atoms with Crippen LogP contribution in [-0.2, 0) is 14.8 Å². The Morgan fingerprint density at radius 2 is 1.45 bits per heavy atom. The van der Waals surface area contributed by atoms with Gasteiger partial charge in [-0.05, 0) is 54.6 Å². The van der Waals surface area contributed by atoms with Crippen LogP contribution in [0.2, 0.25) is 5.02 Å². The third-order valence-corrected chi connectivity index (χ3v) is 7.47. The van der Waals surface area contributed by atoms with Crippen molar-refractivity contribution >= 4 is 38.9 Å². The highest BCUT2D eigenvalue weighted by atomic mass is 35.5. The summed E-state index contributed by atoms with van der Waals surface area (Å²) in [6, 6.07) is 26.4. The lowest BCUT2D eigenvalue weighted by atomic mass is 10.2. The smallest absolute Gasteiger partial charge is 0.264 e. The van der Waals surface area contributed by atoms with Crippen LogP contribution in [0, 0.1) is 0 Å². The topological polar surface area (TPSA) is 94.2 Å². The zero-order chi connectivity index (χ0) is 27.1. The van der Waals surface area contributed by atoms with Crippen molar-refractivity contribution in [2.45, 2.75) is 4.90 Å². The number of methoxy groups -OCH3 is 2. The van der Waals surface area contributed by atoms with Gasteiger partial charge in [-0.2, -0.15) is 0 Å². The van der Waals surface area contributed by atoms with Crippen LogP contribution in [0.1, 0.15) is 0 Å². The van der Waals surface area contributed by atoms with Gasteiger partial charge in [-0.15, -0.1) is 0 Å². The molecule has 196 valence electrons. The lowest BCUT2D eigenvalue weighted by molar-refractivity contribution is -0.114. The molecule has 0 fully saturated rings. The highest BCUT2D eigenvalue weighted by molar-refractivity contribution is 7.92. The van der Waals surface area contributed by atoms with Gasteiger partial charge >= 0.3 is 0 Å². The van der Waals surface area contributed by atoms with Gasteiger partial charge in [-0.1, -0.05) is 48.0 Å². The van der Waals surface area contributed by atoms with Gasteiger partial charge in [-0.25, -0.2) is 8.42 Å². The molecule has 0 radical (unpaired) electrons. The first-order valence-electron chi connectivity index (χ1n) is 11.4. The van der Waals surface area contributed by atoms with E-state index in [1.165, 1.54) is 38.5 Å². The predicted molar refractivity (Wildman–Crippen MR) is 147 cm³/mol. The van der Waals surface area contributed by atoms with Crippen LogP contribution < -0.4 is 23.8 Å². The molecule has 0 aliphatic heterocycles. The number of benzene rings is 4. The zero-order valence-corrected chi connectivity index (χ0v) is 22.2. The SMILES string of the molecule is COc1ccc(S(=O)(=O)N(CC(=O)Nc2cc(Cl)ccc2Oc2ccccc2)c2ccccc2)cc1OC. The molecule has 0 heterocycles. The first-order chi connectivity index (χ1) is 18.3. The number of nitrogens with zero attached hydrogens (tertiary/aromatic N) is 1. The summed E-state index contributed by atoms with van der Waals surface area (Å²) in [4.78, 5) is 13.2. The molecule has 0 saturated carbocycles. The van der Waals surface area contributed by atoms with Crippen LogP contribution in [0.4, 0.5) is 11.4 Å². The number of carbonyl (C=O) groups excluding carboxylic acids is 1. The van der Waals surface area contributed by atoms with Gasteiger partial charge in [0.2, 0.25) is 5.91 Å². The van der Waals surface area contributed by atoms with Crippen molar-refractivity contribution in [3.05, 3.63) is 102 Å². The Labute approximate surface area is 226 Å². The Morgan fingerprint density at radius 1 is 0.816 bits per heavy atom. The molecular weight excluding hydrogens is 528 g/mol. The summed E-state index contributed by atoms with van der Waals surface area (Å²) < 4.78 is 44.9. The second kappa shape index (κ2) is 11.9. The van der Waals surface area contributed by atoms with E-state index in [0.717, 1.165) is 4.31 Å². The number of hydrogen-bond acceptors (Lipinski definition) is 6. The summed E-state index contributed by atoms with van der Waals surface area (Å²) in [7, 11) is -1.32. The molecule has 4 aromatic rings. The minimum Gasteiger partial charge on any atom is -0.493 e. The minimum atomic E-state index is -4.19. The Bertz CT molecular complexity index is 1520. The lowest BCUT2D eigenvalue weighted by Crippen LogP contribution is -2.38. The molecule has 0 spiro atoms. The molecule has 10 heteroatoms. The quantitative estimate of drug-likeness (QED) is 0.260. The Morgan fingerprint density at radius 3 is 2.11 bits per heavy atom. The number of sulfonamides is 1.